The number of aliphatic carboxylic acids is 1. The van der Waals surface area contributed by atoms with E-state index in [9.17, 15) is 19.5 Å². The number of methoxy groups -OCH3 is 1. The van der Waals surface area contributed by atoms with Crippen molar-refractivity contribution in [1.82, 2.24) is 10.2 Å². The van der Waals surface area contributed by atoms with Gasteiger partial charge in [0.1, 0.15) is 5.60 Å². The fraction of sp³-hybridized carbons (Fsp3) is 0.824. The third-order valence-electron chi connectivity index (χ3n) is 4.48. The standard InChI is InChI=1S/C17H28N2O6/c1-16(2,3)25-15(23)19-8-11(7-12(9-19)14(21)22)13(20)18-17(5-6-17)10-24-4/h11-12H,5-10H2,1-4H3,(H,18,20)(H,21,22)/t11-,12+/m0/s1. The lowest BCUT2D eigenvalue weighted by atomic mass is 9.88. The Morgan fingerprint density at radius 1 is 1.20 bits per heavy atom. The van der Waals surface area contributed by atoms with Gasteiger partial charge in [-0.3, -0.25) is 9.59 Å². The summed E-state index contributed by atoms with van der Waals surface area (Å²) in [5.74, 6) is -2.59. The highest BCUT2D eigenvalue weighted by Crippen LogP contribution is 2.36. The summed E-state index contributed by atoms with van der Waals surface area (Å²) in [5, 5.41) is 12.3. The SMILES string of the molecule is COCC1(NC(=O)[C@H]2C[C@@H](C(=O)O)CN(C(=O)OC(C)(C)C)C2)CC1. The Kier molecular flexibility index (Phi) is 5.61. The first kappa shape index (κ1) is 19.5. The van der Waals surface area contributed by atoms with E-state index in [2.05, 4.69) is 5.32 Å². The zero-order chi connectivity index (χ0) is 18.8. The number of piperidine rings is 1. The second-order valence-electron chi connectivity index (χ2n) is 8.06. The fourth-order valence-electron chi connectivity index (χ4n) is 3.04. The zero-order valence-electron chi connectivity index (χ0n) is 15.3. The fourth-order valence-corrected chi connectivity index (χ4v) is 3.04. The van der Waals surface area contributed by atoms with E-state index < -0.39 is 29.5 Å². The molecule has 0 aromatic carbocycles. The molecule has 0 aromatic heterocycles. The van der Waals surface area contributed by atoms with Gasteiger partial charge in [-0.05, 0) is 40.0 Å². The third-order valence-corrected chi connectivity index (χ3v) is 4.48. The predicted molar refractivity (Wildman–Crippen MR) is 89.0 cm³/mol. The highest BCUT2D eigenvalue weighted by atomic mass is 16.6. The second kappa shape index (κ2) is 7.19. The molecule has 1 aliphatic carbocycles. The average molecular weight is 356 g/mol. The smallest absolute Gasteiger partial charge is 0.410 e. The first-order valence-corrected chi connectivity index (χ1v) is 8.57. The van der Waals surface area contributed by atoms with Crippen molar-refractivity contribution in [3.63, 3.8) is 0 Å². The van der Waals surface area contributed by atoms with Crippen molar-refractivity contribution in [3.05, 3.63) is 0 Å². The number of hydrogen-bond donors (Lipinski definition) is 2. The molecule has 2 fully saturated rings. The molecule has 2 atom stereocenters. The number of carboxylic acid groups (broad SMARTS) is 1. The van der Waals surface area contributed by atoms with E-state index in [4.69, 9.17) is 9.47 Å². The molecular weight excluding hydrogens is 328 g/mol. The van der Waals surface area contributed by atoms with E-state index in [0.717, 1.165) is 12.8 Å². The molecule has 0 radical (unpaired) electrons. The number of rotatable bonds is 5. The van der Waals surface area contributed by atoms with Crippen LogP contribution in [0, 0.1) is 11.8 Å². The number of hydrogen-bond acceptors (Lipinski definition) is 5. The molecule has 1 heterocycles. The second-order valence-corrected chi connectivity index (χ2v) is 8.06. The molecular formula is C17H28N2O6. The molecule has 1 aliphatic heterocycles. The maximum atomic E-state index is 12.6. The van der Waals surface area contributed by atoms with Crippen molar-refractivity contribution < 1.29 is 29.0 Å². The van der Waals surface area contributed by atoms with Crippen LogP contribution in [0.25, 0.3) is 0 Å². The maximum absolute atomic E-state index is 12.6. The van der Waals surface area contributed by atoms with Crippen molar-refractivity contribution in [1.29, 1.82) is 0 Å². The Hall–Kier alpha value is -1.83. The summed E-state index contributed by atoms with van der Waals surface area (Å²) in [6, 6.07) is 0. The van der Waals surface area contributed by atoms with E-state index in [0.29, 0.717) is 6.61 Å². The number of nitrogens with zero attached hydrogens (tertiary/aromatic N) is 1. The van der Waals surface area contributed by atoms with Crippen LogP contribution in [-0.4, -0.2) is 65.9 Å². The molecule has 8 heteroatoms. The summed E-state index contributed by atoms with van der Waals surface area (Å²) in [6.45, 7) is 5.88. The van der Waals surface area contributed by atoms with Gasteiger partial charge >= 0.3 is 12.1 Å². The van der Waals surface area contributed by atoms with Crippen molar-refractivity contribution in [2.45, 2.75) is 51.2 Å². The summed E-state index contributed by atoms with van der Waals surface area (Å²) in [5.41, 5.74) is -1.01. The summed E-state index contributed by atoms with van der Waals surface area (Å²) in [4.78, 5) is 37.7. The number of carbonyl (C=O) groups excluding carboxylic acids is 2. The maximum Gasteiger partial charge on any atom is 0.410 e. The van der Waals surface area contributed by atoms with Gasteiger partial charge in [0.25, 0.3) is 0 Å². The van der Waals surface area contributed by atoms with Crippen molar-refractivity contribution in [2.75, 3.05) is 26.8 Å². The van der Waals surface area contributed by atoms with Crippen LogP contribution in [-0.2, 0) is 19.1 Å². The number of likely N-dealkylation sites (tertiary alicyclic amines) is 1. The summed E-state index contributed by atoms with van der Waals surface area (Å²) in [6.07, 6.45) is 1.31. The van der Waals surface area contributed by atoms with Crippen LogP contribution in [0.4, 0.5) is 4.79 Å². The Bertz CT molecular complexity index is 538. The summed E-state index contributed by atoms with van der Waals surface area (Å²) in [7, 11) is 1.58. The number of carboxylic acids is 1. The average Bonchev–Trinajstić information content (AvgIpc) is 3.24. The molecule has 2 amide bonds. The van der Waals surface area contributed by atoms with E-state index >= 15 is 0 Å². The molecule has 0 spiro atoms. The Balaban J connectivity index is 2.05. The van der Waals surface area contributed by atoms with Crippen LogP contribution in [0.2, 0.25) is 0 Å². The molecule has 2 rings (SSSR count). The highest BCUT2D eigenvalue weighted by molar-refractivity contribution is 5.83. The van der Waals surface area contributed by atoms with E-state index in [1.165, 1.54) is 4.90 Å². The molecule has 8 nitrogen and oxygen atoms in total. The molecule has 142 valence electrons. The Morgan fingerprint density at radius 2 is 1.80 bits per heavy atom. The molecule has 25 heavy (non-hydrogen) atoms. The van der Waals surface area contributed by atoms with Crippen LogP contribution in [0.3, 0.4) is 0 Å². The van der Waals surface area contributed by atoms with Crippen LogP contribution in [0.5, 0.6) is 0 Å². The van der Waals surface area contributed by atoms with Gasteiger partial charge in [0.2, 0.25) is 5.91 Å². The van der Waals surface area contributed by atoms with Gasteiger partial charge in [-0.15, -0.1) is 0 Å². The minimum Gasteiger partial charge on any atom is -0.481 e. The number of ether oxygens (including phenoxy) is 2. The van der Waals surface area contributed by atoms with E-state index in [1.54, 1.807) is 27.9 Å². The normalized spacial score (nSPS) is 25.2. The number of nitrogens with one attached hydrogen (secondary N) is 1. The number of amides is 2. The van der Waals surface area contributed by atoms with Gasteiger partial charge in [-0.2, -0.15) is 0 Å². The van der Waals surface area contributed by atoms with Crippen LogP contribution >= 0.6 is 0 Å². The predicted octanol–water partition coefficient (Wildman–Crippen LogP) is 1.24. The van der Waals surface area contributed by atoms with Gasteiger partial charge in [0.05, 0.1) is 24.0 Å². The van der Waals surface area contributed by atoms with Gasteiger partial charge in [-0.25, -0.2) is 4.79 Å². The molecule has 2 N–H and O–H groups in total. The molecule has 0 bridgehead atoms. The van der Waals surface area contributed by atoms with Crippen LogP contribution < -0.4 is 5.32 Å². The lowest BCUT2D eigenvalue weighted by Gasteiger charge is -2.36. The largest absolute Gasteiger partial charge is 0.481 e. The lowest BCUT2D eigenvalue weighted by Crippen LogP contribution is -2.53. The first-order valence-electron chi connectivity index (χ1n) is 8.57. The minimum atomic E-state index is -1.01. The first-order chi connectivity index (χ1) is 11.6. The molecule has 0 unspecified atom stereocenters. The summed E-state index contributed by atoms with van der Waals surface area (Å²) < 4.78 is 10.5. The Labute approximate surface area is 147 Å². The molecule has 1 saturated carbocycles. The van der Waals surface area contributed by atoms with Crippen molar-refractivity contribution in [3.8, 4) is 0 Å². The molecule has 2 aliphatic rings. The third kappa shape index (κ3) is 5.32. The van der Waals surface area contributed by atoms with Gasteiger partial charge < -0.3 is 24.8 Å². The minimum absolute atomic E-state index is 0.0528. The highest BCUT2D eigenvalue weighted by Gasteiger charge is 2.46. The van der Waals surface area contributed by atoms with Gasteiger partial charge in [0, 0.05) is 20.2 Å². The van der Waals surface area contributed by atoms with E-state index in [-0.39, 0.29) is 31.0 Å². The zero-order valence-corrected chi connectivity index (χ0v) is 15.3. The van der Waals surface area contributed by atoms with E-state index in [1.807, 2.05) is 0 Å². The van der Waals surface area contributed by atoms with Crippen LogP contribution in [0.15, 0.2) is 0 Å². The van der Waals surface area contributed by atoms with Crippen LogP contribution in [0.1, 0.15) is 40.0 Å². The van der Waals surface area contributed by atoms with Crippen molar-refractivity contribution in [2.24, 2.45) is 11.8 Å². The Morgan fingerprint density at radius 3 is 2.28 bits per heavy atom. The monoisotopic (exact) mass is 356 g/mol. The quantitative estimate of drug-likeness (QED) is 0.768. The van der Waals surface area contributed by atoms with Gasteiger partial charge in [0.15, 0.2) is 0 Å². The lowest BCUT2D eigenvalue weighted by molar-refractivity contribution is -0.145. The molecule has 1 saturated heterocycles. The van der Waals surface area contributed by atoms with Crippen molar-refractivity contribution >= 4 is 18.0 Å². The summed E-state index contributed by atoms with van der Waals surface area (Å²) >= 11 is 0. The topological polar surface area (TPSA) is 105 Å². The molecule has 0 aromatic rings. The number of carbonyl (C=O) groups is 3. The van der Waals surface area contributed by atoms with Gasteiger partial charge in [-0.1, -0.05) is 0 Å².